The van der Waals surface area contributed by atoms with E-state index in [1.807, 2.05) is 0 Å². The molecule has 0 radical (unpaired) electrons. The molecule has 1 fully saturated rings. The Morgan fingerprint density at radius 3 is 2.50 bits per heavy atom. The molecule has 1 aliphatic rings. The Morgan fingerprint density at radius 1 is 1.33 bits per heavy atom. The summed E-state index contributed by atoms with van der Waals surface area (Å²) < 4.78 is 0. The van der Waals surface area contributed by atoms with Crippen LogP contribution in [0.5, 0.6) is 0 Å². The molecule has 0 aromatic rings. The van der Waals surface area contributed by atoms with Gasteiger partial charge in [0.2, 0.25) is 0 Å². The molecule has 1 saturated carbocycles. The maximum atomic E-state index is 3.50. The summed E-state index contributed by atoms with van der Waals surface area (Å²) in [5, 5.41) is 1.12. The van der Waals surface area contributed by atoms with Crippen molar-refractivity contribution in [3.05, 3.63) is 0 Å². The van der Waals surface area contributed by atoms with Gasteiger partial charge in [0.05, 0.1) is 0 Å². The highest BCUT2D eigenvalue weighted by atomic mass is 79.9. The molecule has 0 aliphatic heterocycles. The summed E-state index contributed by atoms with van der Waals surface area (Å²) in [5.41, 5.74) is 0. The van der Waals surface area contributed by atoms with Crippen LogP contribution >= 0.6 is 15.9 Å². The Hall–Kier alpha value is 0.440. The van der Waals surface area contributed by atoms with Crippen LogP contribution in [-0.4, -0.2) is 29.9 Å². The van der Waals surface area contributed by atoms with Crippen LogP contribution in [0.25, 0.3) is 0 Å². The third-order valence-corrected chi connectivity index (χ3v) is 3.19. The second kappa shape index (κ2) is 5.98. The maximum absolute atomic E-state index is 3.50. The van der Waals surface area contributed by atoms with Gasteiger partial charge in [-0.1, -0.05) is 35.7 Å². The highest BCUT2D eigenvalue weighted by Gasteiger charge is 2.17. The van der Waals surface area contributed by atoms with Gasteiger partial charge in [-0.3, -0.25) is 0 Å². The van der Waals surface area contributed by atoms with Gasteiger partial charge in [-0.25, -0.2) is 0 Å². The molecular weight excluding hydrogens is 214 g/mol. The van der Waals surface area contributed by atoms with Crippen LogP contribution in [0.4, 0.5) is 0 Å². The lowest BCUT2D eigenvalue weighted by molar-refractivity contribution is 0.256. The van der Waals surface area contributed by atoms with E-state index in [0.717, 1.165) is 11.2 Å². The zero-order valence-corrected chi connectivity index (χ0v) is 9.65. The number of hydrogen-bond donors (Lipinski definition) is 0. The normalized spacial score (nSPS) is 19.2. The smallest absolute Gasteiger partial charge is 0.0159 e. The maximum Gasteiger partial charge on any atom is 0.0159 e. The minimum atomic E-state index is 1.00. The van der Waals surface area contributed by atoms with Gasteiger partial charge in [-0.05, 0) is 25.3 Å². The lowest BCUT2D eigenvalue weighted by Gasteiger charge is -2.22. The van der Waals surface area contributed by atoms with E-state index in [0.29, 0.717) is 0 Å². The van der Waals surface area contributed by atoms with E-state index in [2.05, 4.69) is 27.8 Å². The van der Waals surface area contributed by atoms with E-state index >= 15 is 0 Å². The predicted octanol–water partition coefficient (Wildman–Crippen LogP) is 2.89. The van der Waals surface area contributed by atoms with Gasteiger partial charge < -0.3 is 4.90 Å². The summed E-state index contributed by atoms with van der Waals surface area (Å²) in [7, 11) is 0. The van der Waals surface area contributed by atoms with Crippen molar-refractivity contribution in [3.8, 4) is 0 Å². The number of halogens is 1. The summed E-state index contributed by atoms with van der Waals surface area (Å²) in [6.07, 6.45) is 5.88. The summed E-state index contributed by atoms with van der Waals surface area (Å²) >= 11 is 3.50. The zero-order chi connectivity index (χ0) is 8.81. The highest BCUT2D eigenvalue weighted by Crippen LogP contribution is 2.25. The van der Waals surface area contributed by atoms with E-state index in [-0.39, 0.29) is 0 Å². The number of hydrogen-bond acceptors (Lipinski definition) is 1. The molecule has 0 N–H and O–H groups in total. The van der Waals surface area contributed by atoms with E-state index in [4.69, 9.17) is 0 Å². The predicted molar refractivity (Wildman–Crippen MR) is 57.9 cm³/mol. The van der Waals surface area contributed by atoms with Gasteiger partial charge in [0.1, 0.15) is 0 Å². The van der Waals surface area contributed by atoms with Crippen molar-refractivity contribution in [2.24, 2.45) is 5.92 Å². The van der Waals surface area contributed by atoms with E-state index in [9.17, 15) is 0 Å². The summed E-state index contributed by atoms with van der Waals surface area (Å²) in [4.78, 5) is 2.56. The van der Waals surface area contributed by atoms with Crippen molar-refractivity contribution >= 4 is 15.9 Å². The molecule has 0 heterocycles. The first-order valence-electron chi connectivity index (χ1n) is 5.15. The molecule has 0 aromatic heterocycles. The molecule has 0 aromatic carbocycles. The molecule has 0 spiro atoms. The second-order valence-corrected chi connectivity index (χ2v) is 4.53. The molecule has 2 heteroatoms. The zero-order valence-electron chi connectivity index (χ0n) is 8.06. The molecule has 1 rings (SSSR count). The molecule has 0 atom stereocenters. The fourth-order valence-corrected chi connectivity index (χ4v) is 2.56. The Kier molecular flexibility index (Phi) is 5.24. The molecule has 0 amide bonds. The Balaban J connectivity index is 2.16. The fraction of sp³-hybridized carbons (Fsp3) is 1.00. The quantitative estimate of drug-likeness (QED) is 0.661. The molecule has 1 nitrogen and oxygen atoms in total. The van der Waals surface area contributed by atoms with Crippen molar-refractivity contribution in [2.75, 3.05) is 25.0 Å². The van der Waals surface area contributed by atoms with Crippen LogP contribution < -0.4 is 0 Å². The van der Waals surface area contributed by atoms with Crippen LogP contribution in [0.2, 0.25) is 0 Å². The standard InChI is InChI=1S/C10H20BrN/c1-2-12(8-7-11)9-10-5-3-4-6-10/h10H,2-9H2,1H3. The highest BCUT2D eigenvalue weighted by molar-refractivity contribution is 9.09. The second-order valence-electron chi connectivity index (χ2n) is 3.73. The molecule has 12 heavy (non-hydrogen) atoms. The lowest BCUT2D eigenvalue weighted by Crippen LogP contribution is -2.30. The van der Waals surface area contributed by atoms with Crippen LogP contribution in [0.1, 0.15) is 32.6 Å². The Morgan fingerprint density at radius 2 is 2.00 bits per heavy atom. The van der Waals surface area contributed by atoms with E-state index in [1.165, 1.54) is 45.3 Å². The monoisotopic (exact) mass is 233 g/mol. The van der Waals surface area contributed by atoms with Gasteiger partial charge >= 0.3 is 0 Å². The van der Waals surface area contributed by atoms with Crippen molar-refractivity contribution in [3.63, 3.8) is 0 Å². The fourth-order valence-electron chi connectivity index (χ4n) is 2.06. The largest absolute Gasteiger partial charge is 0.303 e. The average Bonchev–Trinajstić information content (AvgIpc) is 2.56. The molecule has 1 aliphatic carbocycles. The molecule has 0 bridgehead atoms. The number of alkyl halides is 1. The van der Waals surface area contributed by atoms with Crippen molar-refractivity contribution in [2.45, 2.75) is 32.6 Å². The van der Waals surface area contributed by atoms with Gasteiger partial charge in [0.25, 0.3) is 0 Å². The van der Waals surface area contributed by atoms with Gasteiger partial charge in [-0.2, -0.15) is 0 Å². The molecular formula is C10H20BrN. The van der Waals surface area contributed by atoms with Gasteiger partial charge in [0, 0.05) is 18.4 Å². The minimum absolute atomic E-state index is 1.00. The van der Waals surface area contributed by atoms with E-state index in [1.54, 1.807) is 0 Å². The van der Waals surface area contributed by atoms with Gasteiger partial charge in [-0.15, -0.1) is 0 Å². The van der Waals surface area contributed by atoms with Crippen LogP contribution in [0, 0.1) is 5.92 Å². The van der Waals surface area contributed by atoms with E-state index < -0.39 is 0 Å². The van der Waals surface area contributed by atoms with Crippen molar-refractivity contribution < 1.29 is 0 Å². The van der Waals surface area contributed by atoms with Crippen molar-refractivity contribution in [1.29, 1.82) is 0 Å². The third kappa shape index (κ3) is 3.44. The van der Waals surface area contributed by atoms with Crippen molar-refractivity contribution in [1.82, 2.24) is 4.90 Å². The molecule has 72 valence electrons. The Bertz CT molecular complexity index is 110. The molecule has 0 unspecified atom stereocenters. The summed E-state index contributed by atoms with van der Waals surface area (Å²) in [5.74, 6) is 1.00. The first kappa shape index (κ1) is 10.5. The first-order chi connectivity index (χ1) is 5.86. The average molecular weight is 234 g/mol. The first-order valence-corrected chi connectivity index (χ1v) is 6.27. The van der Waals surface area contributed by atoms with Crippen LogP contribution in [0.15, 0.2) is 0 Å². The van der Waals surface area contributed by atoms with Crippen LogP contribution in [0.3, 0.4) is 0 Å². The van der Waals surface area contributed by atoms with Crippen LogP contribution in [-0.2, 0) is 0 Å². The Labute approximate surface area is 84.6 Å². The lowest BCUT2D eigenvalue weighted by atomic mass is 10.1. The third-order valence-electron chi connectivity index (χ3n) is 2.84. The number of rotatable bonds is 5. The minimum Gasteiger partial charge on any atom is -0.303 e. The summed E-state index contributed by atoms with van der Waals surface area (Å²) in [6, 6.07) is 0. The SMILES string of the molecule is CCN(CCBr)CC1CCCC1. The summed E-state index contributed by atoms with van der Waals surface area (Å²) in [6.45, 7) is 6.02. The van der Waals surface area contributed by atoms with Gasteiger partial charge in [0.15, 0.2) is 0 Å². The number of nitrogens with zero attached hydrogens (tertiary/aromatic N) is 1. The molecule has 0 saturated heterocycles. The topological polar surface area (TPSA) is 3.24 Å².